The summed E-state index contributed by atoms with van der Waals surface area (Å²) in [5.41, 5.74) is 1.57. The van der Waals surface area contributed by atoms with E-state index >= 15 is 0 Å². The van der Waals surface area contributed by atoms with E-state index in [0.29, 0.717) is 31.0 Å². The van der Waals surface area contributed by atoms with E-state index in [4.69, 9.17) is 4.74 Å². The zero-order chi connectivity index (χ0) is 17.9. The molecule has 2 aliphatic rings. The van der Waals surface area contributed by atoms with E-state index in [1.807, 2.05) is 24.3 Å². The fraction of sp³-hybridized carbons (Fsp3) is 0.350. The molecular weight excluding hydrogens is 330 g/mol. The van der Waals surface area contributed by atoms with Gasteiger partial charge in [-0.1, -0.05) is 12.1 Å². The molecule has 2 aromatic rings. The Balaban J connectivity index is 1.30. The second-order valence-corrected chi connectivity index (χ2v) is 6.87. The molecule has 1 aromatic heterocycles. The van der Waals surface area contributed by atoms with Crippen molar-refractivity contribution in [3.05, 3.63) is 59.9 Å². The van der Waals surface area contributed by atoms with E-state index in [1.54, 1.807) is 29.4 Å². The monoisotopic (exact) mass is 351 g/mol. The molecule has 0 unspecified atom stereocenters. The van der Waals surface area contributed by atoms with Gasteiger partial charge in [-0.05, 0) is 37.1 Å². The number of nitrogens with one attached hydrogen (secondary N) is 1. The Labute approximate surface area is 152 Å². The number of carbonyl (C=O) groups excluding carboxylic acids is 2. The minimum atomic E-state index is -0.0336. The average Bonchev–Trinajstić information content (AvgIpc) is 3.48. The van der Waals surface area contributed by atoms with Crippen LogP contribution in [0.15, 0.2) is 48.8 Å². The summed E-state index contributed by atoms with van der Waals surface area (Å²) in [4.78, 5) is 30.1. The van der Waals surface area contributed by atoms with Crippen LogP contribution in [-0.4, -0.2) is 40.8 Å². The molecule has 1 aliphatic carbocycles. The van der Waals surface area contributed by atoms with Gasteiger partial charge < -0.3 is 15.0 Å². The maximum Gasteiger partial charge on any atom is 0.254 e. The van der Waals surface area contributed by atoms with Crippen molar-refractivity contribution >= 4 is 11.8 Å². The van der Waals surface area contributed by atoms with Gasteiger partial charge in [-0.15, -0.1) is 0 Å². The summed E-state index contributed by atoms with van der Waals surface area (Å²) in [7, 11) is 0. The largest absolute Gasteiger partial charge is 0.489 e. The van der Waals surface area contributed by atoms with Crippen LogP contribution in [0.3, 0.4) is 0 Å². The van der Waals surface area contributed by atoms with Crippen molar-refractivity contribution in [1.29, 1.82) is 0 Å². The van der Waals surface area contributed by atoms with Crippen LogP contribution in [0.5, 0.6) is 5.75 Å². The lowest BCUT2D eigenvalue weighted by atomic mass is 10.1. The van der Waals surface area contributed by atoms with Crippen LogP contribution < -0.4 is 10.1 Å². The molecule has 134 valence electrons. The number of hydrogen-bond donors (Lipinski definition) is 1. The summed E-state index contributed by atoms with van der Waals surface area (Å²) < 4.78 is 5.75. The molecule has 2 fully saturated rings. The minimum absolute atomic E-state index is 0.0336. The maximum atomic E-state index is 12.6. The lowest BCUT2D eigenvalue weighted by molar-refractivity contribution is -0.123. The van der Waals surface area contributed by atoms with Crippen LogP contribution in [0.2, 0.25) is 0 Å². The Bertz CT molecular complexity index is 799. The quantitative estimate of drug-likeness (QED) is 0.864. The summed E-state index contributed by atoms with van der Waals surface area (Å²) in [5.74, 6) is 0.953. The fourth-order valence-corrected chi connectivity index (χ4v) is 2.95. The van der Waals surface area contributed by atoms with E-state index in [2.05, 4.69) is 10.3 Å². The smallest absolute Gasteiger partial charge is 0.254 e. The van der Waals surface area contributed by atoms with Crippen molar-refractivity contribution in [1.82, 2.24) is 15.2 Å². The van der Waals surface area contributed by atoms with Crippen LogP contribution in [0, 0.1) is 5.92 Å². The predicted octanol–water partition coefficient (Wildman–Crippen LogP) is 2.01. The number of nitrogens with zero attached hydrogens (tertiary/aromatic N) is 2. The van der Waals surface area contributed by atoms with Crippen LogP contribution in [-0.2, 0) is 11.4 Å². The molecule has 0 spiro atoms. The van der Waals surface area contributed by atoms with E-state index in [9.17, 15) is 9.59 Å². The highest BCUT2D eigenvalue weighted by atomic mass is 16.5. The second kappa shape index (κ2) is 7.15. The van der Waals surface area contributed by atoms with Gasteiger partial charge in [0.2, 0.25) is 5.91 Å². The number of amides is 2. The number of ether oxygens (including phenoxy) is 1. The third-order valence-corrected chi connectivity index (χ3v) is 4.67. The lowest BCUT2D eigenvalue weighted by Crippen LogP contribution is -2.61. The molecule has 2 heterocycles. The van der Waals surface area contributed by atoms with Crippen molar-refractivity contribution in [3.8, 4) is 5.75 Å². The highest BCUT2D eigenvalue weighted by molar-refractivity contribution is 5.95. The van der Waals surface area contributed by atoms with E-state index in [-0.39, 0.29) is 23.8 Å². The molecule has 1 saturated heterocycles. The number of rotatable bonds is 6. The maximum absolute atomic E-state index is 12.6. The van der Waals surface area contributed by atoms with Crippen LogP contribution in [0.4, 0.5) is 0 Å². The first kappa shape index (κ1) is 16.6. The van der Waals surface area contributed by atoms with Crippen molar-refractivity contribution in [2.75, 3.05) is 13.1 Å². The highest BCUT2D eigenvalue weighted by Gasteiger charge is 2.36. The Morgan fingerprint density at radius 3 is 2.77 bits per heavy atom. The summed E-state index contributed by atoms with van der Waals surface area (Å²) >= 11 is 0. The highest BCUT2D eigenvalue weighted by Crippen LogP contribution is 2.29. The molecule has 0 bridgehead atoms. The molecule has 6 nitrogen and oxygen atoms in total. The summed E-state index contributed by atoms with van der Waals surface area (Å²) in [6.45, 7) is 1.54. The average molecular weight is 351 g/mol. The molecule has 1 aliphatic heterocycles. The topological polar surface area (TPSA) is 71.5 Å². The zero-order valence-corrected chi connectivity index (χ0v) is 14.4. The second-order valence-electron chi connectivity index (χ2n) is 6.87. The molecule has 4 rings (SSSR count). The van der Waals surface area contributed by atoms with Gasteiger partial charge in [-0.2, -0.15) is 0 Å². The van der Waals surface area contributed by atoms with Gasteiger partial charge in [-0.25, -0.2) is 0 Å². The summed E-state index contributed by atoms with van der Waals surface area (Å²) in [6, 6.07) is 11.1. The number of pyridine rings is 1. The Kier molecular flexibility index (Phi) is 4.56. The fourth-order valence-electron chi connectivity index (χ4n) is 2.95. The van der Waals surface area contributed by atoms with Crippen molar-refractivity contribution in [2.24, 2.45) is 5.92 Å². The van der Waals surface area contributed by atoms with Crippen molar-refractivity contribution in [2.45, 2.75) is 25.5 Å². The number of aromatic nitrogens is 1. The molecule has 1 N–H and O–H groups in total. The van der Waals surface area contributed by atoms with E-state index < -0.39 is 0 Å². The number of hydrogen-bond acceptors (Lipinski definition) is 4. The van der Waals surface area contributed by atoms with Gasteiger partial charge >= 0.3 is 0 Å². The number of likely N-dealkylation sites (tertiary alicyclic amines) is 1. The molecule has 1 aromatic carbocycles. The first-order valence-corrected chi connectivity index (χ1v) is 8.90. The molecular formula is C20H21N3O3. The van der Waals surface area contributed by atoms with Gasteiger partial charge in [0.25, 0.3) is 5.91 Å². The SMILES string of the molecule is O=C(NC1CN(C(=O)c2cccc(OCc3cccnc3)c2)C1)C1CC1. The van der Waals surface area contributed by atoms with Gasteiger partial charge in [0.1, 0.15) is 12.4 Å². The van der Waals surface area contributed by atoms with Gasteiger partial charge in [0.15, 0.2) is 0 Å². The van der Waals surface area contributed by atoms with E-state index in [0.717, 1.165) is 18.4 Å². The molecule has 0 atom stereocenters. The van der Waals surface area contributed by atoms with E-state index in [1.165, 1.54) is 0 Å². The predicted molar refractivity (Wildman–Crippen MR) is 95.6 cm³/mol. The standard InChI is InChI=1S/C20H21N3O3/c24-19(15-6-7-15)22-17-11-23(12-17)20(25)16-4-1-5-18(9-16)26-13-14-3-2-8-21-10-14/h1-5,8-10,15,17H,6-7,11-13H2,(H,22,24). The normalized spacial score (nSPS) is 16.7. The Morgan fingerprint density at radius 1 is 1.19 bits per heavy atom. The summed E-state index contributed by atoms with van der Waals surface area (Å²) in [5, 5.41) is 3.00. The van der Waals surface area contributed by atoms with Gasteiger partial charge in [-0.3, -0.25) is 14.6 Å². The zero-order valence-electron chi connectivity index (χ0n) is 14.4. The molecule has 26 heavy (non-hydrogen) atoms. The number of carbonyl (C=O) groups is 2. The van der Waals surface area contributed by atoms with Gasteiger partial charge in [0.05, 0.1) is 6.04 Å². The Hall–Kier alpha value is -2.89. The third kappa shape index (κ3) is 3.85. The molecule has 2 amide bonds. The van der Waals surface area contributed by atoms with Crippen molar-refractivity contribution < 1.29 is 14.3 Å². The first-order valence-electron chi connectivity index (χ1n) is 8.90. The van der Waals surface area contributed by atoms with Gasteiger partial charge in [0, 0.05) is 42.5 Å². The molecule has 6 heteroatoms. The van der Waals surface area contributed by atoms with Crippen LogP contribution in [0.25, 0.3) is 0 Å². The molecule has 1 saturated carbocycles. The number of benzene rings is 1. The summed E-state index contributed by atoms with van der Waals surface area (Å²) in [6.07, 6.45) is 5.46. The third-order valence-electron chi connectivity index (χ3n) is 4.67. The van der Waals surface area contributed by atoms with Crippen molar-refractivity contribution in [3.63, 3.8) is 0 Å². The molecule has 0 radical (unpaired) electrons. The minimum Gasteiger partial charge on any atom is -0.489 e. The lowest BCUT2D eigenvalue weighted by Gasteiger charge is -2.39. The first-order chi connectivity index (χ1) is 12.7. The van der Waals surface area contributed by atoms with Crippen LogP contribution in [0.1, 0.15) is 28.8 Å². The Morgan fingerprint density at radius 2 is 2.04 bits per heavy atom. The van der Waals surface area contributed by atoms with Crippen LogP contribution >= 0.6 is 0 Å².